The van der Waals surface area contributed by atoms with Gasteiger partial charge in [0.05, 0.1) is 5.92 Å². The maximum absolute atomic E-state index is 10.2. The lowest BCUT2D eigenvalue weighted by Gasteiger charge is -2.19. The van der Waals surface area contributed by atoms with Crippen molar-refractivity contribution in [2.45, 2.75) is 84.0 Å². The maximum Gasteiger partial charge on any atom is 0.164 e. The van der Waals surface area contributed by atoms with Crippen molar-refractivity contribution in [3.8, 4) is 0 Å². The second-order valence-electron chi connectivity index (χ2n) is 7.89. The molecule has 0 amide bonds. The monoisotopic (exact) mass is 384 g/mol. The quantitative estimate of drug-likeness (QED) is 0.276. The summed E-state index contributed by atoms with van der Waals surface area (Å²) in [5, 5.41) is 12.8. The molecule has 2 rings (SSSR count). The van der Waals surface area contributed by atoms with E-state index in [2.05, 4.69) is 56.3 Å². The van der Waals surface area contributed by atoms with Gasteiger partial charge in [-0.05, 0) is 40.9 Å². The fourth-order valence-electron chi connectivity index (χ4n) is 4.17. The van der Waals surface area contributed by atoms with E-state index in [4.69, 9.17) is 12.2 Å². The van der Waals surface area contributed by atoms with Crippen LogP contribution in [0.5, 0.6) is 0 Å². The standard InChI is InChI=1S/C25H36OS/c1-3-5-12-20(13-6-4-2)14-7-9-18-24(25(26)27)23-19-11-16-21-15-8-10-17-22(21)23/h8,10-11,15-17,19-20,24H,3-7,9,12-14,18H2,1-2H3,(H,26,27). The number of aliphatic hydroxyl groups is 1. The van der Waals surface area contributed by atoms with Gasteiger partial charge in [0.2, 0.25) is 0 Å². The molecule has 0 saturated carbocycles. The summed E-state index contributed by atoms with van der Waals surface area (Å²) in [5.74, 6) is 0.845. The summed E-state index contributed by atoms with van der Waals surface area (Å²) >= 11 is 5.23. The van der Waals surface area contributed by atoms with Gasteiger partial charge in [-0.2, -0.15) is 0 Å². The van der Waals surface area contributed by atoms with E-state index in [0.29, 0.717) is 0 Å². The number of rotatable bonds is 13. The molecule has 2 aromatic carbocycles. The van der Waals surface area contributed by atoms with Crippen molar-refractivity contribution in [1.82, 2.24) is 0 Å². The number of fused-ring (bicyclic) bond motifs is 1. The molecule has 1 nitrogen and oxygen atoms in total. The predicted octanol–water partition coefficient (Wildman–Crippen LogP) is 8.37. The zero-order valence-electron chi connectivity index (χ0n) is 17.1. The van der Waals surface area contributed by atoms with Crippen LogP contribution in [0.3, 0.4) is 0 Å². The largest absolute Gasteiger partial charge is 0.502 e. The van der Waals surface area contributed by atoms with Crippen molar-refractivity contribution in [2.75, 3.05) is 0 Å². The number of thiocarbonyl (C=S) groups is 1. The van der Waals surface area contributed by atoms with Crippen LogP contribution in [0.2, 0.25) is 0 Å². The van der Waals surface area contributed by atoms with Gasteiger partial charge < -0.3 is 5.11 Å². The normalized spacial score (nSPS) is 12.6. The first-order valence-electron chi connectivity index (χ1n) is 10.9. The van der Waals surface area contributed by atoms with Gasteiger partial charge in [0.25, 0.3) is 0 Å². The van der Waals surface area contributed by atoms with Crippen LogP contribution in [0.15, 0.2) is 42.5 Å². The third-order valence-corrected chi connectivity index (χ3v) is 6.07. The molecule has 0 aromatic heterocycles. The SMILES string of the molecule is CCCCC(CCCC)CCCCC(C(O)=S)c1cccc2ccccc12. The Morgan fingerprint density at radius 2 is 1.41 bits per heavy atom. The molecule has 0 fully saturated rings. The molecule has 148 valence electrons. The average Bonchev–Trinajstić information content (AvgIpc) is 2.69. The number of unbranched alkanes of at least 4 members (excludes halogenated alkanes) is 3. The minimum Gasteiger partial charge on any atom is -0.502 e. The molecule has 1 atom stereocenters. The van der Waals surface area contributed by atoms with E-state index in [1.54, 1.807) is 0 Å². The molecule has 0 radical (unpaired) electrons. The van der Waals surface area contributed by atoms with Crippen LogP contribution < -0.4 is 0 Å². The Morgan fingerprint density at radius 1 is 0.815 bits per heavy atom. The Labute approximate surface area is 171 Å². The van der Waals surface area contributed by atoms with E-state index in [0.717, 1.165) is 18.8 Å². The van der Waals surface area contributed by atoms with Crippen molar-refractivity contribution in [3.05, 3.63) is 48.0 Å². The molecule has 0 aliphatic heterocycles. The first-order valence-corrected chi connectivity index (χ1v) is 11.3. The van der Waals surface area contributed by atoms with E-state index < -0.39 is 0 Å². The molecule has 0 aliphatic carbocycles. The summed E-state index contributed by atoms with van der Waals surface area (Å²) in [6.45, 7) is 4.57. The molecule has 0 saturated heterocycles. The van der Waals surface area contributed by atoms with E-state index in [-0.39, 0.29) is 11.0 Å². The summed E-state index contributed by atoms with van der Waals surface area (Å²) in [5.41, 5.74) is 1.18. The van der Waals surface area contributed by atoms with E-state index >= 15 is 0 Å². The van der Waals surface area contributed by atoms with Crippen molar-refractivity contribution < 1.29 is 5.11 Å². The summed E-state index contributed by atoms with van der Waals surface area (Å²) < 4.78 is 0. The number of benzene rings is 2. The third-order valence-electron chi connectivity index (χ3n) is 5.78. The van der Waals surface area contributed by atoms with Crippen LogP contribution in [-0.4, -0.2) is 10.2 Å². The van der Waals surface area contributed by atoms with Gasteiger partial charge in [-0.1, -0.05) is 114 Å². The predicted molar refractivity (Wildman–Crippen MR) is 123 cm³/mol. The van der Waals surface area contributed by atoms with Gasteiger partial charge >= 0.3 is 0 Å². The van der Waals surface area contributed by atoms with Gasteiger partial charge in [0.1, 0.15) is 0 Å². The molecule has 0 bridgehead atoms. The summed E-state index contributed by atoms with van der Waals surface area (Å²) in [6.07, 6.45) is 12.7. The topological polar surface area (TPSA) is 20.2 Å². The Kier molecular flexibility index (Phi) is 9.83. The van der Waals surface area contributed by atoms with Gasteiger partial charge in [-0.15, -0.1) is 0 Å². The first kappa shape index (κ1) is 21.9. The van der Waals surface area contributed by atoms with Gasteiger partial charge in [-0.3, -0.25) is 0 Å². The minimum atomic E-state index is -0.0316. The van der Waals surface area contributed by atoms with E-state index in [1.807, 2.05) is 0 Å². The summed E-state index contributed by atoms with van der Waals surface area (Å²) in [6, 6.07) is 14.7. The second kappa shape index (κ2) is 12.1. The number of aliphatic hydroxyl groups excluding tert-OH is 1. The fourth-order valence-corrected chi connectivity index (χ4v) is 4.41. The van der Waals surface area contributed by atoms with Crippen LogP contribution in [-0.2, 0) is 0 Å². The van der Waals surface area contributed by atoms with Crippen LogP contribution >= 0.6 is 12.2 Å². The lowest BCUT2D eigenvalue weighted by atomic mass is 9.87. The highest BCUT2D eigenvalue weighted by Gasteiger charge is 2.18. The Morgan fingerprint density at radius 3 is 2.07 bits per heavy atom. The molecule has 1 N–H and O–H groups in total. The fraction of sp³-hybridized carbons (Fsp3) is 0.560. The van der Waals surface area contributed by atoms with Gasteiger partial charge in [-0.25, -0.2) is 0 Å². The first-order chi connectivity index (χ1) is 13.2. The molecule has 0 aliphatic rings. The Hall–Kier alpha value is -1.41. The highest BCUT2D eigenvalue weighted by molar-refractivity contribution is 7.80. The number of hydrogen-bond donors (Lipinski definition) is 1. The lowest BCUT2D eigenvalue weighted by molar-refractivity contribution is 0.376. The van der Waals surface area contributed by atoms with Crippen molar-refractivity contribution in [1.29, 1.82) is 0 Å². The Bertz CT molecular complexity index is 680. The second-order valence-corrected chi connectivity index (χ2v) is 8.31. The van der Waals surface area contributed by atoms with E-state index in [9.17, 15) is 5.11 Å². The van der Waals surface area contributed by atoms with Gasteiger partial charge in [0.15, 0.2) is 5.05 Å². The van der Waals surface area contributed by atoms with Crippen LogP contribution in [0.1, 0.15) is 89.5 Å². The van der Waals surface area contributed by atoms with E-state index in [1.165, 1.54) is 67.7 Å². The molecular weight excluding hydrogens is 348 g/mol. The Balaban J connectivity index is 1.95. The van der Waals surface area contributed by atoms with Gasteiger partial charge in [0, 0.05) is 0 Å². The summed E-state index contributed by atoms with van der Waals surface area (Å²) in [4.78, 5) is 0. The molecule has 27 heavy (non-hydrogen) atoms. The number of hydrogen-bond acceptors (Lipinski definition) is 1. The molecule has 2 heteroatoms. The third kappa shape index (κ3) is 6.92. The zero-order chi connectivity index (χ0) is 19.5. The van der Waals surface area contributed by atoms with Crippen molar-refractivity contribution >= 4 is 28.0 Å². The lowest BCUT2D eigenvalue weighted by Crippen LogP contribution is -2.10. The van der Waals surface area contributed by atoms with Crippen LogP contribution in [0.25, 0.3) is 10.8 Å². The molecule has 0 heterocycles. The average molecular weight is 385 g/mol. The molecule has 0 spiro atoms. The zero-order valence-corrected chi connectivity index (χ0v) is 17.9. The highest BCUT2D eigenvalue weighted by Crippen LogP contribution is 2.31. The molecule has 1 unspecified atom stereocenters. The summed E-state index contributed by atoms with van der Waals surface area (Å²) in [7, 11) is 0. The highest BCUT2D eigenvalue weighted by atomic mass is 32.1. The van der Waals surface area contributed by atoms with Crippen molar-refractivity contribution in [2.24, 2.45) is 5.92 Å². The van der Waals surface area contributed by atoms with Crippen LogP contribution in [0, 0.1) is 5.92 Å². The maximum atomic E-state index is 10.2. The minimum absolute atomic E-state index is 0.0316. The van der Waals surface area contributed by atoms with Crippen molar-refractivity contribution in [3.63, 3.8) is 0 Å². The molecule has 2 aromatic rings. The van der Waals surface area contributed by atoms with Crippen LogP contribution in [0.4, 0.5) is 0 Å². The molecular formula is C25H36OS. The smallest absolute Gasteiger partial charge is 0.164 e.